The van der Waals surface area contributed by atoms with E-state index in [-0.39, 0.29) is 23.1 Å². The fourth-order valence-electron chi connectivity index (χ4n) is 2.53. The fraction of sp³-hybridized carbons (Fsp3) is 0.350. The van der Waals surface area contributed by atoms with Crippen molar-refractivity contribution in [2.45, 2.75) is 45.2 Å². The van der Waals surface area contributed by atoms with E-state index >= 15 is 0 Å². The van der Waals surface area contributed by atoms with E-state index in [2.05, 4.69) is 4.72 Å². The van der Waals surface area contributed by atoms with Gasteiger partial charge < -0.3 is 4.74 Å². The minimum atomic E-state index is -3.91. The lowest BCUT2D eigenvalue weighted by Crippen LogP contribution is -2.45. The van der Waals surface area contributed by atoms with Gasteiger partial charge in [0.05, 0.1) is 9.82 Å². The molecule has 0 fully saturated rings. The van der Waals surface area contributed by atoms with Crippen molar-refractivity contribution in [3.05, 3.63) is 69.3 Å². The molecule has 0 aliphatic carbocycles. The van der Waals surface area contributed by atoms with Gasteiger partial charge in [-0.25, -0.2) is 8.42 Å². The third kappa shape index (κ3) is 5.85. The van der Waals surface area contributed by atoms with Crippen LogP contribution >= 0.6 is 0 Å². The zero-order valence-electron chi connectivity index (χ0n) is 16.7. The number of carbonyl (C=O) groups is 1. The van der Waals surface area contributed by atoms with Crippen LogP contribution in [0.15, 0.2) is 47.4 Å². The minimum absolute atomic E-state index is 0.0683. The summed E-state index contributed by atoms with van der Waals surface area (Å²) >= 11 is 0. The Labute approximate surface area is 170 Å². The van der Waals surface area contributed by atoms with Crippen LogP contribution in [-0.4, -0.2) is 25.4 Å². The Kier molecular flexibility index (Phi) is 7.10. The molecule has 0 aromatic heterocycles. The summed E-state index contributed by atoms with van der Waals surface area (Å²) in [7, 11) is -3.91. The maximum atomic E-state index is 12.7. The summed E-state index contributed by atoms with van der Waals surface area (Å²) < 4.78 is 33.1. The van der Waals surface area contributed by atoms with Gasteiger partial charge in [0.15, 0.2) is 0 Å². The molecule has 0 saturated heterocycles. The number of hydrogen-bond donors (Lipinski definition) is 1. The monoisotopic (exact) mass is 420 g/mol. The van der Waals surface area contributed by atoms with E-state index in [9.17, 15) is 23.3 Å². The number of nitro groups is 1. The van der Waals surface area contributed by atoms with Gasteiger partial charge in [-0.1, -0.05) is 19.9 Å². The van der Waals surface area contributed by atoms with Crippen LogP contribution in [0.2, 0.25) is 0 Å². The largest absolute Gasteiger partial charge is 0.460 e. The zero-order valence-corrected chi connectivity index (χ0v) is 17.5. The molecule has 9 heteroatoms. The number of benzene rings is 2. The maximum Gasteiger partial charge on any atom is 0.324 e. The molecule has 0 amide bonds. The highest BCUT2D eigenvalue weighted by atomic mass is 32.2. The second-order valence-corrected chi connectivity index (χ2v) is 8.83. The second-order valence-electron chi connectivity index (χ2n) is 7.12. The first kappa shape index (κ1) is 22.5. The molecule has 8 nitrogen and oxygen atoms in total. The predicted octanol–water partition coefficient (Wildman–Crippen LogP) is 3.26. The van der Waals surface area contributed by atoms with Crippen molar-refractivity contribution in [2.75, 3.05) is 0 Å². The Morgan fingerprint density at radius 1 is 1.10 bits per heavy atom. The normalized spacial score (nSPS) is 12.6. The summed E-state index contributed by atoms with van der Waals surface area (Å²) in [5.41, 5.74) is 2.28. The van der Waals surface area contributed by atoms with Gasteiger partial charge in [-0.2, -0.15) is 4.72 Å². The highest BCUT2D eigenvalue weighted by molar-refractivity contribution is 7.89. The Morgan fingerprint density at radius 3 is 2.24 bits per heavy atom. The first-order valence-electron chi connectivity index (χ1n) is 9.01. The van der Waals surface area contributed by atoms with E-state index in [1.54, 1.807) is 26.0 Å². The number of carbonyl (C=O) groups excluding carboxylic acids is 1. The Bertz CT molecular complexity index is 1000. The summed E-state index contributed by atoms with van der Waals surface area (Å²) in [5, 5.41) is 10.7. The molecule has 1 N–H and O–H groups in total. The smallest absolute Gasteiger partial charge is 0.324 e. The maximum absolute atomic E-state index is 12.7. The van der Waals surface area contributed by atoms with Gasteiger partial charge in [0.2, 0.25) is 10.0 Å². The zero-order chi connectivity index (χ0) is 21.8. The quantitative estimate of drug-likeness (QED) is 0.398. The van der Waals surface area contributed by atoms with Gasteiger partial charge in [-0.3, -0.25) is 14.9 Å². The van der Waals surface area contributed by atoms with Crippen molar-refractivity contribution in [1.29, 1.82) is 0 Å². The van der Waals surface area contributed by atoms with E-state index in [0.29, 0.717) is 5.56 Å². The average Bonchev–Trinajstić information content (AvgIpc) is 2.66. The molecule has 2 rings (SSSR count). The van der Waals surface area contributed by atoms with Crippen LogP contribution in [0.25, 0.3) is 0 Å². The molecule has 2 aromatic carbocycles. The van der Waals surface area contributed by atoms with E-state index in [4.69, 9.17) is 4.74 Å². The summed E-state index contributed by atoms with van der Waals surface area (Å²) in [6, 6.07) is 9.27. The molecule has 0 aliphatic rings. The molecule has 0 spiro atoms. The number of nitro benzene ring substituents is 1. The van der Waals surface area contributed by atoms with Crippen LogP contribution in [0.1, 0.15) is 30.5 Å². The first-order chi connectivity index (χ1) is 13.5. The average molecular weight is 420 g/mol. The molecule has 156 valence electrons. The molecular formula is C20H24N2O6S. The van der Waals surface area contributed by atoms with Crippen LogP contribution in [0, 0.1) is 29.9 Å². The van der Waals surface area contributed by atoms with Crippen molar-refractivity contribution in [3.63, 3.8) is 0 Å². The lowest BCUT2D eigenvalue weighted by Gasteiger charge is -2.21. The van der Waals surface area contributed by atoms with Gasteiger partial charge in [0.1, 0.15) is 12.6 Å². The second kappa shape index (κ2) is 9.15. The molecular weight excluding hydrogens is 396 g/mol. The fourth-order valence-corrected chi connectivity index (χ4v) is 3.95. The summed E-state index contributed by atoms with van der Waals surface area (Å²) in [6.45, 7) is 6.99. The Morgan fingerprint density at radius 2 is 1.72 bits per heavy atom. The van der Waals surface area contributed by atoms with E-state index in [1.807, 2.05) is 13.8 Å². The van der Waals surface area contributed by atoms with Gasteiger partial charge in [0.25, 0.3) is 5.69 Å². The predicted molar refractivity (Wildman–Crippen MR) is 108 cm³/mol. The van der Waals surface area contributed by atoms with Gasteiger partial charge >= 0.3 is 5.97 Å². The SMILES string of the molecule is Cc1ccc(S(=O)(=O)N[C@@H](C(=O)OCc2ccc([N+](=O)[O-])cc2)C(C)C)cc1C. The third-order valence-electron chi connectivity index (χ3n) is 4.52. The van der Waals surface area contributed by atoms with Crippen molar-refractivity contribution in [2.24, 2.45) is 5.92 Å². The van der Waals surface area contributed by atoms with Crippen molar-refractivity contribution in [3.8, 4) is 0 Å². The number of rotatable bonds is 8. The lowest BCUT2D eigenvalue weighted by atomic mass is 10.1. The summed E-state index contributed by atoms with van der Waals surface area (Å²) in [6.07, 6.45) is 0. The molecule has 29 heavy (non-hydrogen) atoms. The highest BCUT2D eigenvalue weighted by Gasteiger charge is 2.30. The molecule has 0 saturated carbocycles. The number of aryl methyl sites for hydroxylation is 2. The van der Waals surface area contributed by atoms with Gasteiger partial charge in [-0.05, 0) is 60.7 Å². The van der Waals surface area contributed by atoms with E-state index in [0.717, 1.165) is 11.1 Å². The van der Waals surface area contributed by atoms with Crippen LogP contribution < -0.4 is 4.72 Å². The number of nitrogens with zero attached hydrogens (tertiary/aromatic N) is 1. The number of non-ortho nitro benzene ring substituents is 1. The Hall–Kier alpha value is -2.78. The summed E-state index contributed by atoms with van der Waals surface area (Å²) in [5.74, 6) is -1.06. The van der Waals surface area contributed by atoms with E-state index in [1.165, 1.54) is 30.3 Å². The molecule has 0 aliphatic heterocycles. The Balaban J connectivity index is 2.10. The van der Waals surface area contributed by atoms with E-state index < -0.39 is 27.0 Å². The van der Waals surface area contributed by atoms with Crippen LogP contribution in [0.4, 0.5) is 5.69 Å². The standard InChI is InChI=1S/C20H24N2O6S/c1-13(2)19(21-29(26,27)18-10-5-14(3)15(4)11-18)20(23)28-12-16-6-8-17(9-7-16)22(24)25/h5-11,13,19,21H,12H2,1-4H3/t19-/m1/s1. The minimum Gasteiger partial charge on any atom is -0.460 e. The lowest BCUT2D eigenvalue weighted by molar-refractivity contribution is -0.384. The third-order valence-corrected chi connectivity index (χ3v) is 5.96. The van der Waals surface area contributed by atoms with Crippen LogP contribution in [0.3, 0.4) is 0 Å². The number of ether oxygens (including phenoxy) is 1. The topological polar surface area (TPSA) is 116 Å². The van der Waals surface area contributed by atoms with Gasteiger partial charge in [0, 0.05) is 12.1 Å². The molecule has 2 aromatic rings. The summed E-state index contributed by atoms with van der Waals surface area (Å²) in [4.78, 5) is 22.7. The van der Waals surface area contributed by atoms with Crippen molar-refractivity contribution >= 4 is 21.7 Å². The van der Waals surface area contributed by atoms with Gasteiger partial charge in [-0.15, -0.1) is 0 Å². The molecule has 0 bridgehead atoms. The number of hydrogen-bond acceptors (Lipinski definition) is 6. The number of esters is 1. The molecule has 0 unspecified atom stereocenters. The van der Waals surface area contributed by atoms with Crippen LogP contribution in [-0.2, 0) is 26.2 Å². The van der Waals surface area contributed by atoms with Crippen LogP contribution in [0.5, 0.6) is 0 Å². The number of sulfonamides is 1. The molecule has 1 atom stereocenters. The molecule has 0 radical (unpaired) electrons. The van der Waals surface area contributed by atoms with Crippen molar-refractivity contribution in [1.82, 2.24) is 4.72 Å². The molecule has 0 heterocycles. The highest BCUT2D eigenvalue weighted by Crippen LogP contribution is 2.17. The number of nitrogens with one attached hydrogen (secondary N) is 1. The van der Waals surface area contributed by atoms with Crippen molar-refractivity contribution < 1.29 is 22.9 Å². The first-order valence-corrected chi connectivity index (χ1v) is 10.5.